The average molecular weight is 311 g/mol. The summed E-state index contributed by atoms with van der Waals surface area (Å²) >= 11 is 0. The topological polar surface area (TPSA) is 38.8 Å². The molecule has 0 radical (unpaired) electrons. The van der Waals surface area contributed by atoms with Crippen LogP contribution in [0.3, 0.4) is 0 Å². The first kappa shape index (κ1) is 15.6. The minimum Gasteiger partial charge on any atom is -0.497 e. The molecule has 23 heavy (non-hydrogen) atoms. The van der Waals surface area contributed by atoms with E-state index in [-0.39, 0.29) is 11.9 Å². The zero-order chi connectivity index (χ0) is 16.4. The number of β-lactam (4-membered cyclic amide) rings is 1. The van der Waals surface area contributed by atoms with Crippen molar-refractivity contribution in [1.29, 1.82) is 0 Å². The molecule has 0 aromatic heterocycles. The van der Waals surface area contributed by atoms with E-state index in [1.165, 1.54) is 0 Å². The van der Waals surface area contributed by atoms with Gasteiger partial charge in [0.25, 0.3) is 5.91 Å². The summed E-state index contributed by atoms with van der Waals surface area (Å²) in [5.41, 5.74) is 1.08. The number of anilines is 1. The summed E-state index contributed by atoms with van der Waals surface area (Å²) < 4.78 is 11.1. The molecule has 1 saturated heterocycles. The number of carbonyl (C=O) groups is 1. The third kappa shape index (κ3) is 2.49. The first-order valence-corrected chi connectivity index (χ1v) is 7.78. The Balaban J connectivity index is 2.00. The zero-order valence-electron chi connectivity index (χ0n) is 13.7. The molecule has 1 heterocycles. The minimum atomic E-state index is -0.834. The summed E-state index contributed by atoms with van der Waals surface area (Å²) in [4.78, 5) is 14.6. The van der Waals surface area contributed by atoms with Crippen molar-refractivity contribution in [2.75, 3.05) is 18.6 Å². The molecule has 0 unspecified atom stereocenters. The fourth-order valence-electron chi connectivity index (χ4n) is 3.20. The largest absolute Gasteiger partial charge is 0.497 e. The Labute approximate surface area is 136 Å². The van der Waals surface area contributed by atoms with Crippen LogP contribution in [-0.4, -0.2) is 25.2 Å². The molecule has 120 valence electrons. The molecule has 2 aromatic carbocycles. The lowest BCUT2D eigenvalue weighted by molar-refractivity contribution is -0.160. The quantitative estimate of drug-likeness (QED) is 0.792. The predicted molar refractivity (Wildman–Crippen MR) is 89.7 cm³/mol. The summed E-state index contributed by atoms with van der Waals surface area (Å²) in [6.45, 7) is 4.28. The number of para-hydroxylation sites is 1. The van der Waals surface area contributed by atoms with E-state index in [0.29, 0.717) is 6.61 Å². The summed E-state index contributed by atoms with van der Waals surface area (Å²) in [6, 6.07) is 17.3. The minimum absolute atomic E-state index is 0.00799. The predicted octanol–water partition coefficient (Wildman–Crippen LogP) is 3.58. The van der Waals surface area contributed by atoms with Gasteiger partial charge in [-0.15, -0.1) is 0 Å². The lowest BCUT2D eigenvalue weighted by atomic mass is 9.78. The van der Waals surface area contributed by atoms with Gasteiger partial charge in [-0.3, -0.25) is 9.69 Å². The number of amides is 1. The van der Waals surface area contributed by atoms with Crippen molar-refractivity contribution < 1.29 is 14.3 Å². The second-order valence-corrected chi connectivity index (χ2v) is 5.73. The number of carbonyl (C=O) groups excluding carboxylic acids is 1. The van der Waals surface area contributed by atoms with Gasteiger partial charge in [0.15, 0.2) is 5.60 Å². The van der Waals surface area contributed by atoms with E-state index in [9.17, 15) is 4.79 Å². The molecule has 4 heteroatoms. The Morgan fingerprint density at radius 3 is 2.30 bits per heavy atom. The molecular weight excluding hydrogens is 290 g/mol. The third-order valence-electron chi connectivity index (χ3n) is 4.33. The molecule has 0 saturated carbocycles. The Morgan fingerprint density at radius 1 is 1.09 bits per heavy atom. The Bertz CT molecular complexity index is 684. The van der Waals surface area contributed by atoms with Crippen LogP contribution >= 0.6 is 0 Å². The van der Waals surface area contributed by atoms with E-state index in [4.69, 9.17) is 9.47 Å². The first-order chi connectivity index (χ1) is 11.1. The van der Waals surface area contributed by atoms with E-state index in [1.54, 1.807) is 12.0 Å². The summed E-state index contributed by atoms with van der Waals surface area (Å²) in [6.07, 6.45) is 0. The van der Waals surface area contributed by atoms with Crippen molar-refractivity contribution in [2.24, 2.45) is 0 Å². The van der Waals surface area contributed by atoms with Gasteiger partial charge < -0.3 is 9.47 Å². The SMILES string of the molecule is CCO[C@]1(C)C(=O)N(c2ccccc2)[C@@H]1c1ccc(OC)cc1. The van der Waals surface area contributed by atoms with Crippen molar-refractivity contribution in [3.05, 3.63) is 60.2 Å². The van der Waals surface area contributed by atoms with Crippen LogP contribution in [0.25, 0.3) is 0 Å². The van der Waals surface area contributed by atoms with Crippen molar-refractivity contribution in [2.45, 2.75) is 25.5 Å². The molecule has 1 aliphatic rings. The van der Waals surface area contributed by atoms with Crippen LogP contribution in [0.2, 0.25) is 0 Å². The molecule has 0 aliphatic carbocycles. The van der Waals surface area contributed by atoms with E-state index in [2.05, 4.69) is 0 Å². The molecule has 1 amide bonds. The highest BCUT2D eigenvalue weighted by Crippen LogP contribution is 2.48. The zero-order valence-corrected chi connectivity index (χ0v) is 13.7. The van der Waals surface area contributed by atoms with Gasteiger partial charge >= 0.3 is 0 Å². The molecule has 1 aliphatic heterocycles. The van der Waals surface area contributed by atoms with Gasteiger partial charge in [0.1, 0.15) is 5.75 Å². The lowest BCUT2D eigenvalue weighted by Gasteiger charge is -2.53. The smallest absolute Gasteiger partial charge is 0.262 e. The highest BCUT2D eigenvalue weighted by Gasteiger charge is 2.59. The highest BCUT2D eigenvalue weighted by molar-refractivity contribution is 6.08. The van der Waals surface area contributed by atoms with Crippen LogP contribution in [-0.2, 0) is 9.53 Å². The first-order valence-electron chi connectivity index (χ1n) is 7.78. The van der Waals surface area contributed by atoms with Gasteiger partial charge in [-0.05, 0) is 43.7 Å². The molecule has 3 rings (SSSR count). The number of hydrogen-bond donors (Lipinski definition) is 0. The van der Waals surface area contributed by atoms with Crippen LogP contribution < -0.4 is 9.64 Å². The molecule has 1 fully saturated rings. The molecular formula is C19H21NO3. The molecule has 0 N–H and O–H groups in total. The maximum absolute atomic E-state index is 12.8. The van der Waals surface area contributed by atoms with E-state index in [1.807, 2.05) is 68.4 Å². The average Bonchev–Trinajstić information content (AvgIpc) is 2.60. The Hall–Kier alpha value is -2.33. The lowest BCUT2D eigenvalue weighted by Crippen LogP contribution is -2.68. The maximum Gasteiger partial charge on any atom is 0.262 e. The number of rotatable bonds is 5. The molecule has 2 aromatic rings. The highest BCUT2D eigenvalue weighted by atomic mass is 16.5. The van der Waals surface area contributed by atoms with Crippen LogP contribution in [0.15, 0.2) is 54.6 Å². The van der Waals surface area contributed by atoms with Gasteiger partial charge in [-0.25, -0.2) is 0 Å². The van der Waals surface area contributed by atoms with E-state index >= 15 is 0 Å². The second kappa shape index (κ2) is 6.05. The van der Waals surface area contributed by atoms with Crippen molar-refractivity contribution in [3.63, 3.8) is 0 Å². The molecule has 4 nitrogen and oxygen atoms in total. The van der Waals surface area contributed by atoms with Gasteiger partial charge in [0, 0.05) is 12.3 Å². The second-order valence-electron chi connectivity index (χ2n) is 5.73. The third-order valence-corrected chi connectivity index (χ3v) is 4.33. The number of ether oxygens (including phenoxy) is 2. The summed E-state index contributed by atoms with van der Waals surface area (Å²) in [5, 5.41) is 0. The van der Waals surface area contributed by atoms with Crippen molar-refractivity contribution in [3.8, 4) is 5.75 Å². The van der Waals surface area contributed by atoms with Crippen LogP contribution in [0.1, 0.15) is 25.5 Å². The number of benzene rings is 2. The van der Waals surface area contributed by atoms with Gasteiger partial charge in [-0.1, -0.05) is 30.3 Å². The van der Waals surface area contributed by atoms with Crippen LogP contribution in [0, 0.1) is 0 Å². The summed E-state index contributed by atoms with van der Waals surface area (Å²) in [7, 11) is 1.64. The fraction of sp³-hybridized carbons (Fsp3) is 0.316. The monoisotopic (exact) mass is 311 g/mol. The summed E-state index contributed by atoms with van der Waals surface area (Å²) in [5.74, 6) is 0.787. The fourth-order valence-corrected chi connectivity index (χ4v) is 3.20. The van der Waals surface area contributed by atoms with E-state index in [0.717, 1.165) is 17.0 Å². The molecule has 0 bridgehead atoms. The van der Waals surface area contributed by atoms with Crippen LogP contribution in [0.4, 0.5) is 5.69 Å². The number of hydrogen-bond acceptors (Lipinski definition) is 3. The molecule has 0 spiro atoms. The van der Waals surface area contributed by atoms with Crippen LogP contribution in [0.5, 0.6) is 5.75 Å². The Kier molecular flexibility index (Phi) is 4.09. The van der Waals surface area contributed by atoms with Gasteiger partial charge in [0.2, 0.25) is 0 Å². The van der Waals surface area contributed by atoms with Gasteiger partial charge in [0.05, 0.1) is 13.2 Å². The standard InChI is InChI=1S/C19H21NO3/c1-4-23-19(2)17(14-10-12-16(22-3)13-11-14)20(18(19)21)15-8-6-5-7-9-15/h5-13,17H,4H2,1-3H3/t17-,19+/m1/s1. The van der Waals surface area contributed by atoms with Crippen molar-refractivity contribution in [1.82, 2.24) is 0 Å². The Morgan fingerprint density at radius 2 is 1.74 bits per heavy atom. The molecule has 2 atom stereocenters. The number of nitrogens with zero attached hydrogens (tertiary/aromatic N) is 1. The normalized spacial score (nSPS) is 23.5. The van der Waals surface area contributed by atoms with Crippen molar-refractivity contribution >= 4 is 11.6 Å². The number of methoxy groups -OCH3 is 1. The maximum atomic E-state index is 12.8. The van der Waals surface area contributed by atoms with E-state index < -0.39 is 5.60 Å². The van der Waals surface area contributed by atoms with Gasteiger partial charge in [-0.2, -0.15) is 0 Å².